The van der Waals surface area contributed by atoms with Crippen LogP contribution in [-0.4, -0.2) is 32.8 Å². The largest absolute Gasteiger partial charge is 0.321 e. The third kappa shape index (κ3) is 2.46. The molecule has 0 N–H and O–H groups in total. The molecule has 4 rings (SSSR count). The van der Waals surface area contributed by atoms with E-state index < -0.39 is 6.04 Å². The van der Waals surface area contributed by atoms with Crippen molar-refractivity contribution in [2.24, 2.45) is 0 Å². The van der Waals surface area contributed by atoms with E-state index in [9.17, 15) is 14.4 Å². The summed E-state index contributed by atoms with van der Waals surface area (Å²) < 4.78 is 1.57. The average Bonchev–Trinajstić information content (AvgIpc) is 3.16. The number of fused-ring (bicyclic) bond motifs is 1. The third-order valence-corrected chi connectivity index (χ3v) is 5.27. The van der Waals surface area contributed by atoms with Crippen LogP contribution in [0, 0.1) is 0 Å². The van der Waals surface area contributed by atoms with Crippen molar-refractivity contribution in [3.63, 3.8) is 0 Å². The number of carbonyl (C=O) groups excluding carboxylic acids is 3. The maximum atomic E-state index is 12.8. The number of hydrogen-bond donors (Lipinski definition) is 0. The zero-order valence-electron chi connectivity index (χ0n) is 13.4. The van der Waals surface area contributed by atoms with Gasteiger partial charge >= 0.3 is 0 Å². The van der Waals surface area contributed by atoms with E-state index in [1.54, 1.807) is 36.0 Å². The number of nitrogens with zero attached hydrogens (tertiary/aromatic N) is 2. The van der Waals surface area contributed by atoms with Crippen molar-refractivity contribution >= 4 is 38.9 Å². The number of hydrogen-bond acceptors (Lipinski definition) is 4. The highest BCUT2D eigenvalue weighted by Gasteiger charge is 2.39. The van der Waals surface area contributed by atoms with Crippen LogP contribution in [0.3, 0.4) is 0 Å². The summed E-state index contributed by atoms with van der Waals surface area (Å²) in [5.41, 5.74) is 2.05. The molecule has 1 aromatic heterocycles. The Labute approximate surface area is 148 Å². The zero-order chi connectivity index (χ0) is 17.6. The molecular weight excluding hydrogens is 336 g/mol. The Balaban J connectivity index is 1.83. The Kier molecular flexibility index (Phi) is 3.69. The van der Waals surface area contributed by atoms with Gasteiger partial charge in [0, 0.05) is 36.0 Å². The Hall–Kier alpha value is -2.86. The molecule has 2 heterocycles. The lowest BCUT2D eigenvalue weighted by atomic mass is 10.0. The standard InChI is InChI=1S/C19H14N2O3S/c1-20-16(18(23)25-19(20)24)14-8-5-9-15-13(14)10-11-21(15)17(22)12-6-3-2-4-7-12/h2-11,16H,1H3. The van der Waals surface area contributed by atoms with Gasteiger partial charge in [0.1, 0.15) is 6.04 Å². The fraction of sp³-hybridized carbons (Fsp3) is 0.105. The quantitative estimate of drug-likeness (QED) is 0.707. The summed E-state index contributed by atoms with van der Waals surface area (Å²) in [6, 6.07) is 15.7. The number of rotatable bonds is 2. The van der Waals surface area contributed by atoms with Gasteiger partial charge in [-0.1, -0.05) is 30.3 Å². The molecule has 1 unspecified atom stereocenters. The van der Waals surface area contributed by atoms with Crippen molar-refractivity contribution in [1.82, 2.24) is 9.47 Å². The van der Waals surface area contributed by atoms with Crippen molar-refractivity contribution in [2.45, 2.75) is 6.04 Å². The van der Waals surface area contributed by atoms with E-state index in [4.69, 9.17) is 0 Å². The minimum atomic E-state index is -0.621. The predicted octanol–water partition coefficient (Wildman–Crippen LogP) is 3.70. The molecule has 5 nitrogen and oxygen atoms in total. The van der Waals surface area contributed by atoms with Crippen LogP contribution in [-0.2, 0) is 4.79 Å². The van der Waals surface area contributed by atoms with Crippen molar-refractivity contribution in [2.75, 3.05) is 7.05 Å². The first-order valence-electron chi connectivity index (χ1n) is 7.76. The molecule has 0 saturated carbocycles. The number of aromatic nitrogens is 1. The van der Waals surface area contributed by atoms with E-state index in [1.807, 2.05) is 36.4 Å². The van der Waals surface area contributed by atoms with E-state index in [0.717, 1.165) is 28.2 Å². The molecule has 0 aliphatic carbocycles. The average molecular weight is 350 g/mol. The maximum absolute atomic E-state index is 12.8. The highest BCUT2D eigenvalue weighted by molar-refractivity contribution is 8.26. The second-order valence-corrected chi connectivity index (χ2v) is 6.79. The topological polar surface area (TPSA) is 59.4 Å². The normalized spacial score (nSPS) is 17.5. The minimum Gasteiger partial charge on any atom is -0.321 e. The molecule has 1 aliphatic heterocycles. The Morgan fingerprint density at radius 2 is 1.76 bits per heavy atom. The highest BCUT2D eigenvalue weighted by atomic mass is 32.2. The van der Waals surface area contributed by atoms with E-state index >= 15 is 0 Å². The second kappa shape index (κ2) is 5.89. The summed E-state index contributed by atoms with van der Waals surface area (Å²) in [4.78, 5) is 38.2. The van der Waals surface area contributed by atoms with Crippen molar-refractivity contribution < 1.29 is 14.4 Å². The number of thioether (sulfide) groups is 1. The van der Waals surface area contributed by atoms with Gasteiger partial charge in [-0.3, -0.25) is 19.0 Å². The van der Waals surface area contributed by atoms with E-state index in [2.05, 4.69) is 0 Å². The van der Waals surface area contributed by atoms with Gasteiger partial charge in [0.05, 0.1) is 5.52 Å². The fourth-order valence-electron chi connectivity index (χ4n) is 3.14. The molecule has 25 heavy (non-hydrogen) atoms. The first-order chi connectivity index (χ1) is 12.1. The van der Waals surface area contributed by atoms with Crippen LogP contribution < -0.4 is 0 Å². The van der Waals surface area contributed by atoms with Crippen LogP contribution in [0.2, 0.25) is 0 Å². The smallest absolute Gasteiger partial charge is 0.289 e. The maximum Gasteiger partial charge on any atom is 0.289 e. The third-order valence-electron chi connectivity index (χ3n) is 4.39. The van der Waals surface area contributed by atoms with E-state index in [0.29, 0.717) is 5.56 Å². The molecule has 0 radical (unpaired) electrons. The molecular formula is C19H14N2O3S. The van der Waals surface area contributed by atoms with Gasteiger partial charge in [0.15, 0.2) is 0 Å². The van der Waals surface area contributed by atoms with Crippen molar-refractivity contribution in [3.05, 3.63) is 71.9 Å². The van der Waals surface area contributed by atoms with Gasteiger partial charge in [0.2, 0.25) is 5.12 Å². The van der Waals surface area contributed by atoms with E-state index in [-0.39, 0.29) is 16.3 Å². The monoisotopic (exact) mass is 350 g/mol. The lowest BCUT2D eigenvalue weighted by molar-refractivity contribution is -0.113. The Bertz CT molecular complexity index is 1010. The molecule has 1 saturated heterocycles. The van der Waals surface area contributed by atoms with Crippen LogP contribution in [0.25, 0.3) is 10.9 Å². The predicted molar refractivity (Wildman–Crippen MR) is 96.6 cm³/mol. The zero-order valence-corrected chi connectivity index (χ0v) is 14.2. The Morgan fingerprint density at radius 3 is 2.44 bits per heavy atom. The summed E-state index contributed by atoms with van der Waals surface area (Å²) in [6.45, 7) is 0. The van der Waals surface area contributed by atoms with Crippen LogP contribution in [0.5, 0.6) is 0 Å². The van der Waals surface area contributed by atoms with E-state index in [1.165, 1.54) is 4.90 Å². The van der Waals surface area contributed by atoms with Gasteiger partial charge in [0.25, 0.3) is 11.1 Å². The van der Waals surface area contributed by atoms with Crippen LogP contribution >= 0.6 is 11.8 Å². The van der Waals surface area contributed by atoms with Crippen LogP contribution in [0.4, 0.5) is 4.79 Å². The first kappa shape index (κ1) is 15.7. The molecule has 3 aromatic rings. The molecule has 0 bridgehead atoms. The highest BCUT2D eigenvalue weighted by Crippen LogP contribution is 2.38. The van der Waals surface area contributed by atoms with Gasteiger partial charge in [-0.05, 0) is 29.8 Å². The lowest BCUT2D eigenvalue weighted by Crippen LogP contribution is -2.23. The SMILES string of the molecule is CN1C(=O)SC(=O)C1c1cccc2c1ccn2C(=O)c1ccccc1. The molecule has 0 spiro atoms. The Morgan fingerprint density at radius 1 is 1.00 bits per heavy atom. The number of carbonyl (C=O) groups is 3. The molecule has 124 valence electrons. The summed E-state index contributed by atoms with van der Waals surface area (Å²) >= 11 is 0.724. The summed E-state index contributed by atoms with van der Waals surface area (Å²) in [5, 5.41) is 0.348. The molecule has 1 fully saturated rings. The second-order valence-electron chi connectivity index (χ2n) is 5.84. The number of likely N-dealkylation sites (N-methyl/N-ethyl adjacent to an activating group) is 1. The minimum absolute atomic E-state index is 0.135. The lowest BCUT2D eigenvalue weighted by Gasteiger charge is -2.18. The van der Waals surface area contributed by atoms with Crippen molar-refractivity contribution in [1.29, 1.82) is 0 Å². The van der Waals surface area contributed by atoms with Crippen LogP contribution in [0.15, 0.2) is 60.8 Å². The number of benzene rings is 2. The van der Waals surface area contributed by atoms with Crippen molar-refractivity contribution in [3.8, 4) is 0 Å². The molecule has 2 aromatic carbocycles. The van der Waals surface area contributed by atoms with Gasteiger partial charge in [-0.2, -0.15) is 0 Å². The first-order valence-corrected chi connectivity index (χ1v) is 8.58. The molecule has 1 amide bonds. The molecule has 6 heteroatoms. The molecule has 1 atom stereocenters. The summed E-state index contributed by atoms with van der Waals surface area (Å²) in [5.74, 6) is -0.135. The van der Waals surface area contributed by atoms with Crippen LogP contribution in [0.1, 0.15) is 22.0 Å². The summed E-state index contributed by atoms with van der Waals surface area (Å²) in [7, 11) is 1.62. The molecule has 1 aliphatic rings. The van der Waals surface area contributed by atoms with Gasteiger partial charge in [-0.25, -0.2) is 0 Å². The number of amides is 1. The van der Waals surface area contributed by atoms with Gasteiger partial charge < -0.3 is 4.90 Å². The van der Waals surface area contributed by atoms with Gasteiger partial charge in [-0.15, -0.1) is 0 Å². The summed E-state index contributed by atoms with van der Waals surface area (Å²) in [6.07, 6.45) is 1.71. The fourth-order valence-corrected chi connectivity index (χ4v) is 3.96.